The number of aromatic nitrogens is 3. The van der Waals surface area contributed by atoms with Crippen molar-refractivity contribution in [3.8, 4) is 28.6 Å². The lowest BCUT2D eigenvalue weighted by molar-refractivity contribution is 0.324. The van der Waals surface area contributed by atoms with E-state index in [9.17, 15) is 0 Å². The van der Waals surface area contributed by atoms with E-state index in [1.54, 1.807) is 21.3 Å². The van der Waals surface area contributed by atoms with E-state index in [1.165, 1.54) is 0 Å². The van der Waals surface area contributed by atoms with Crippen molar-refractivity contribution >= 4 is 0 Å². The van der Waals surface area contributed by atoms with Crippen LogP contribution >= 0.6 is 0 Å². The normalized spacial score (nSPS) is 15.0. The fourth-order valence-electron chi connectivity index (χ4n) is 2.85. The molecule has 1 aromatic carbocycles. The summed E-state index contributed by atoms with van der Waals surface area (Å²) >= 11 is 0. The second-order valence-electron chi connectivity index (χ2n) is 5.56. The van der Waals surface area contributed by atoms with Crippen LogP contribution < -0.4 is 14.2 Å². The molecule has 0 N–H and O–H groups in total. The van der Waals surface area contributed by atoms with Gasteiger partial charge in [-0.15, -0.1) is 10.2 Å². The molecule has 0 spiro atoms. The van der Waals surface area contributed by atoms with Gasteiger partial charge in [-0.1, -0.05) is 0 Å². The van der Waals surface area contributed by atoms with Gasteiger partial charge in [-0.05, 0) is 19.2 Å². The molecule has 1 aromatic heterocycles. The first-order chi connectivity index (χ1) is 11.2. The molecule has 0 bridgehead atoms. The van der Waals surface area contributed by atoms with Crippen LogP contribution in [0.25, 0.3) is 11.4 Å². The summed E-state index contributed by atoms with van der Waals surface area (Å²) in [7, 11) is 6.94. The fraction of sp³-hybridized carbons (Fsp3) is 0.500. The summed E-state index contributed by atoms with van der Waals surface area (Å²) in [5, 5.41) is 8.74. The van der Waals surface area contributed by atoms with E-state index in [4.69, 9.17) is 14.2 Å². The number of hydrogen-bond donors (Lipinski definition) is 0. The summed E-state index contributed by atoms with van der Waals surface area (Å²) in [6.45, 7) is 2.83. The average Bonchev–Trinajstić information content (AvgIpc) is 2.90. The number of rotatable bonds is 4. The molecule has 23 heavy (non-hydrogen) atoms. The first-order valence-electron chi connectivity index (χ1n) is 7.59. The Morgan fingerprint density at radius 2 is 1.61 bits per heavy atom. The van der Waals surface area contributed by atoms with Gasteiger partial charge in [-0.2, -0.15) is 0 Å². The third-order valence-corrected chi connectivity index (χ3v) is 4.17. The zero-order valence-electron chi connectivity index (χ0n) is 14.0. The topological polar surface area (TPSA) is 61.6 Å². The molecule has 0 saturated carbocycles. The number of nitrogens with zero attached hydrogens (tertiary/aromatic N) is 4. The van der Waals surface area contributed by atoms with Crippen LogP contribution in [0, 0.1) is 0 Å². The Labute approximate surface area is 135 Å². The Hall–Kier alpha value is -2.28. The monoisotopic (exact) mass is 318 g/mol. The number of ether oxygens (including phenoxy) is 3. The summed E-state index contributed by atoms with van der Waals surface area (Å²) in [6, 6.07) is 3.82. The predicted molar refractivity (Wildman–Crippen MR) is 86.3 cm³/mol. The molecule has 7 nitrogen and oxygen atoms in total. The molecule has 0 atom stereocenters. The van der Waals surface area contributed by atoms with Crippen LogP contribution in [-0.2, 0) is 13.0 Å². The summed E-state index contributed by atoms with van der Waals surface area (Å²) in [6.07, 6.45) is 0.897. The molecule has 2 heterocycles. The highest BCUT2D eigenvalue weighted by Crippen LogP contribution is 2.40. The maximum absolute atomic E-state index is 5.43. The summed E-state index contributed by atoms with van der Waals surface area (Å²) in [5.74, 6) is 3.65. The molecule has 0 amide bonds. The van der Waals surface area contributed by atoms with E-state index >= 15 is 0 Å². The van der Waals surface area contributed by atoms with Gasteiger partial charge in [0, 0.05) is 31.6 Å². The fourth-order valence-corrected chi connectivity index (χ4v) is 2.85. The summed E-state index contributed by atoms with van der Waals surface area (Å²) < 4.78 is 18.4. The molecule has 0 radical (unpaired) electrons. The summed E-state index contributed by atoms with van der Waals surface area (Å²) in [4.78, 5) is 2.30. The second-order valence-corrected chi connectivity index (χ2v) is 5.56. The minimum absolute atomic E-state index is 0.578. The standard InChI is InChI=1S/C16H22N4O3/c1-19-6-5-14-17-18-16(20(14)8-7-19)11-9-12(21-2)15(23-4)13(10-11)22-3/h9-10H,5-8H2,1-4H3. The third kappa shape index (κ3) is 2.84. The highest BCUT2D eigenvalue weighted by molar-refractivity contribution is 5.67. The average molecular weight is 318 g/mol. The second kappa shape index (κ2) is 6.45. The zero-order valence-corrected chi connectivity index (χ0v) is 14.0. The molecular weight excluding hydrogens is 296 g/mol. The first kappa shape index (κ1) is 15.6. The smallest absolute Gasteiger partial charge is 0.203 e. The van der Waals surface area contributed by atoms with Gasteiger partial charge in [0.25, 0.3) is 0 Å². The van der Waals surface area contributed by atoms with Gasteiger partial charge in [-0.3, -0.25) is 0 Å². The molecule has 124 valence electrons. The minimum atomic E-state index is 0.578. The number of methoxy groups -OCH3 is 3. The number of hydrogen-bond acceptors (Lipinski definition) is 6. The lowest BCUT2D eigenvalue weighted by Crippen LogP contribution is -2.21. The van der Waals surface area contributed by atoms with Gasteiger partial charge in [0.05, 0.1) is 21.3 Å². The van der Waals surface area contributed by atoms with E-state index in [1.807, 2.05) is 12.1 Å². The molecule has 7 heteroatoms. The van der Waals surface area contributed by atoms with Crippen molar-refractivity contribution in [2.24, 2.45) is 0 Å². The molecule has 3 rings (SSSR count). The quantitative estimate of drug-likeness (QED) is 0.850. The maximum Gasteiger partial charge on any atom is 0.203 e. The third-order valence-electron chi connectivity index (χ3n) is 4.17. The lowest BCUT2D eigenvalue weighted by Gasteiger charge is -2.15. The SMILES string of the molecule is COc1cc(-c2nnc3n2CCN(C)CC3)cc(OC)c1OC. The Morgan fingerprint density at radius 1 is 0.913 bits per heavy atom. The lowest BCUT2D eigenvalue weighted by atomic mass is 10.1. The van der Waals surface area contributed by atoms with Crippen molar-refractivity contribution in [2.45, 2.75) is 13.0 Å². The highest BCUT2D eigenvalue weighted by atomic mass is 16.5. The highest BCUT2D eigenvalue weighted by Gasteiger charge is 2.21. The van der Waals surface area contributed by atoms with Crippen molar-refractivity contribution in [3.05, 3.63) is 18.0 Å². The Morgan fingerprint density at radius 3 is 2.22 bits per heavy atom. The van der Waals surface area contributed by atoms with E-state index < -0.39 is 0 Å². The Balaban J connectivity index is 2.08. The number of benzene rings is 1. The van der Waals surface area contributed by atoms with Crippen molar-refractivity contribution in [2.75, 3.05) is 41.5 Å². The van der Waals surface area contributed by atoms with Crippen LogP contribution in [0.5, 0.6) is 17.2 Å². The van der Waals surface area contributed by atoms with E-state index in [-0.39, 0.29) is 0 Å². The van der Waals surface area contributed by atoms with Gasteiger partial charge >= 0.3 is 0 Å². The van der Waals surface area contributed by atoms with Crippen molar-refractivity contribution < 1.29 is 14.2 Å². The van der Waals surface area contributed by atoms with Crippen LogP contribution in [-0.4, -0.2) is 61.1 Å². The van der Waals surface area contributed by atoms with E-state index in [2.05, 4.69) is 26.7 Å². The largest absolute Gasteiger partial charge is 0.493 e. The number of fused-ring (bicyclic) bond motifs is 1. The van der Waals surface area contributed by atoms with E-state index in [0.29, 0.717) is 17.2 Å². The molecule has 1 aliphatic rings. The molecule has 2 aromatic rings. The van der Waals surface area contributed by atoms with Crippen LogP contribution in [0.2, 0.25) is 0 Å². The van der Waals surface area contributed by atoms with Gasteiger partial charge < -0.3 is 23.7 Å². The Bertz CT molecular complexity index is 674. The van der Waals surface area contributed by atoms with Gasteiger partial charge in [-0.25, -0.2) is 0 Å². The maximum atomic E-state index is 5.43. The number of likely N-dealkylation sites (N-methyl/N-ethyl adjacent to an activating group) is 1. The molecule has 1 aliphatic heterocycles. The Kier molecular flexibility index (Phi) is 4.38. The summed E-state index contributed by atoms with van der Waals surface area (Å²) in [5.41, 5.74) is 0.905. The first-order valence-corrected chi connectivity index (χ1v) is 7.59. The van der Waals surface area contributed by atoms with E-state index in [0.717, 1.165) is 43.3 Å². The van der Waals surface area contributed by atoms with Gasteiger partial charge in [0.1, 0.15) is 5.82 Å². The predicted octanol–water partition coefficient (Wildman–Crippen LogP) is 1.46. The van der Waals surface area contributed by atoms with Crippen LogP contribution in [0.4, 0.5) is 0 Å². The van der Waals surface area contributed by atoms with Crippen LogP contribution in [0.3, 0.4) is 0 Å². The van der Waals surface area contributed by atoms with Crippen molar-refractivity contribution in [1.29, 1.82) is 0 Å². The molecule has 0 aliphatic carbocycles. The molecular formula is C16H22N4O3. The minimum Gasteiger partial charge on any atom is -0.493 e. The molecule has 0 unspecified atom stereocenters. The molecule has 0 saturated heterocycles. The van der Waals surface area contributed by atoms with Gasteiger partial charge in [0.15, 0.2) is 17.3 Å². The van der Waals surface area contributed by atoms with Crippen LogP contribution in [0.15, 0.2) is 12.1 Å². The van der Waals surface area contributed by atoms with Crippen molar-refractivity contribution in [1.82, 2.24) is 19.7 Å². The van der Waals surface area contributed by atoms with Crippen LogP contribution in [0.1, 0.15) is 5.82 Å². The van der Waals surface area contributed by atoms with Gasteiger partial charge in [0.2, 0.25) is 5.75 Å². The zero-order chi connectivity index (χ0) is 16.4. The molecule has 0 fully saturated rings. The van der Waals surface area contributed by atoms with Crippen molar-refractivity contribution in [3.63, 3.8) is 0 Å².